The van der Waals surface area contributed by atoms with Gasteiger partial charge in [-0.2, -0.15) is 13.2 Å². The fourth-order valence-electron chi connectivity index (χ4n) is 1.89. The van der Waals surface area contributed by atoms with E-state index in [4.69, 9.17) is 0 Å². The maximum atomic E-state index is 12.4. The molecule has 0 aromatic carbocycles. The third kappa shape index (κ3) is 2.90. The summed E-state index contributed by atoms with van der Waals surface area (Å²) < 4.78 is 37.3. The number of carbonyl (C=O) groups is 1. The van der Waals surface area contributed by atoms with Gasteiger partial charge in [-0.05, 0) is 12.8 Å². The van der Waals surface area contributed by atoms with Crippen molar-refractivity contribution in [2.75, 3.05) is 6.54 Å². The normalized spacial score (nSPS) is 24.2. The summed E-state index contributed by atoms with van der Waals surface area (Å²) in [6.07, 6.45) is -4.06. The minimum absolute atomic E-state index is 0.106. The lowest BCUT2D eigenvalue weighted by Crippen LogP contribution is -2.37. The van der Waals surface area contributed by atoms with Crippen molar-refractivity contribution in [1.29, 1.82) is 0 Å². The first-order valence-electron chi connectivity index (χ1n) is 4.53. The van der Waals surface area contributed by atoms with Crippen molar-refractivity contribution in [3.8, 4) is 0 Å². The van der Waals surface area contributed by atoms with Gasteiger partial charge >= 0.3 is 6.18 Å². The number of rotatable bonds is 3. The van der Waals surface area contributed by atoms with Gasteiger partial charge in [-0.25, -0.2) is 0 Å². The molecule has 0 spiro atoms. The average molecular weight is 225 g/mol. The van der Waals surface area contributed by atoms with E-state index in [0.717, 1.165) is 0 Å². The number of hydrogen-bond acceptors (Lipinski definition) is 3. The number of halogens is 3. The van der Waals surface area contributed by atoms with E-state index in [9.17, 15) is 28.1 Å². The lowest BCUT2D eigenvalue weighted by molar-refractivity contribution is -0.499. The van der Waals surface area contributed by atoms with Gasteiger partial charge in [-0.3, -0.25) is 14.9 Å². The number of hydrogen-bond donors (Lipinski definition) is 0. The second kappa shape index (κ2) is 4.16. The van der Waals surface area contributed by atoms with Gasteiger partial charge < -0.3 is 0 Å². The van der Waals surface area contributed by atoms with Crippen LogP contribution in [0.25, 0.3) is 0 Å². The smallest absolute Gasteiger partial charge is 0.299 e. The molecule has 1 fully saturated rings. The highest BCUT2D eigenvalue weighted by Crippen LogP contribution is 2.38. The molecule has 7 heteroatoms. The molecule has 0 N–H and O–H groups in total. The summed E-state index contributed by atoms with van der Waals surface area (Å²) in [5.74, 6) is -3.84. The Morgan fingerprint density at radius 2 is 2.13 bits per heavy atom. The summed E-state index contributed by atoms with van der Waals surface area (Å²) in [4.78, 5) is 20.2. The van der Waals surface area contributed by atoms with Gasteiger partial charge in [0, 0.05) is 17.3 Å². The van der Waals surface area contributed by atoms with Crippen LogP contribution in [0, 0.1) is 22.0 Å². The molecule has 0 amide bonds. The lowest BCUT2D eigenvalue weighted by Gasteiger charge is -2.21. The molecular weight excluding hydrogens is 215 g/mol. The first kappa shape index (κ1) is 11.9. The van der Waals surface area contributed by atoms with Crippen molar-refractivity contribution in [3.05, 3.63) is 10.1 Å². The minimum atomic E-state index is -4.67. The van der Waals surface area contributed by atoms with Gasteiger partial charge in [0.15, 0.2) is 0 Å². The highest BCUT2D eigenvalue weighted by molar-refractivity contribution is 5.83. The molecule has 2 atom stereocenters. The minimum Gasteiger partial charge on any atom is -0.299 e. The number of Topliss-reactive ketones (excluding diaryl/α,β-unsaturated/α-hetero) is 1. The Morgan fingerprint density at radius 1 is 1.53 bits per heavy atom. The second-order valence-electron chi connectivity index (χ2n) is 3.63. The Balaban J connectivity index is 2.80. The summed E-state index contributed by atoms with van der Waals surface area (Å²) in [5.41, 5.74) is 0. The molecule has 1 saturated carbocycles. The molecule has 0 saturated heterocycles. The van der Waals surface area contributed by atoms with Crippen LogP contribution in [0.1, 0.15) is 19.3 Å². The molecule has 0 radical (unpaired) electrons. The third-order valence-corrected chi connectivity index (χ3v) is 2.60. The second-order valence-corrected chi connectivity index (χ2v) is 3.63. The molecule has 1 aliphatic rings. The van der Waals surface area contributed by atoms with Crippen LogP contribution in [0.3, 0.4) is 0 Å². The maximum Gasteiger partial charge on any atom is 0.398 e. The predicted octanol–water partition coefficient (Wildman–Crippen LogP) is 1.81. The zero-order valence-corrected chi connectivity index (χ0v) is 7.79. The van der Waals surface area contributed by atoms with E-state index in [1.54, 1.807) is 0 Å². The average Bonchev–Trinajstić information content (AvgIpc) is 2.45. The van der Waals surface area contributed by atoms with Crippen LogP contribution in [-0.2, 0) is 4.79 Å². The van der Waals surface area contributed by atoms with Crippen LogP contribution >= 0.6 is 0 Å². The van der Waals surface area contributed by atoms with Gasteiger partial charge in [0.2, 0.25) is 6.54 Å². The van der Waals surface area contributed by atoms with Crippen molar-refractivity contribution in [1.82, 2.24) is 0 Å². The molecule has 1 aliphatic carbocycles. The molecular formula is C8H10F3NO3. The van der Waals surface area contributed by atoms with Crippen molar-refractivity contribution in [2.45, 2.75) is 25.4 Å². The maximum absolute atomic E-state index is 12.4. The molecule has 0 heterocycles. The summed E-state index contributed by atoms with van der Waals surface area (Å²) in [6.45, 7) is -1.21. The quantitative estimate of drug-likeness (QED) is 0.543. The topological polar surface area (TPSA) is 60.2 Å². The summed E-state index contributed by atoms with van der Waals surface area (Å²) in [5, 5.41) is 10.1. The summed E-state index contributed by atoms with van der Waals surface area (Å²) in [6, 6.07) is 0. The lowest BCUT2D eigenvalue weighted by atomic mass is 9.89. The van der Waals surface area contributed by atoms with Crippen molar-refractivity contribution in [2.24, 2.45) is 11.8 Å². The van der Waals surface area contributed by atoms with Crippen LogP contribution < -0.4 is 0 Å². The third-order valence-electron chi connectivity index (χ3n) is 2.60. The standard InChI is InChI=1S/C8H10F3NO3/c9-8(10,11)6(4-12(14)15)5-2-1-3-7(5)13/h5-6H,1-4H2/t5-,6+/m1/s1. The van der Waals surface area contributed by atoms with Crippen LogP contribution in [0.5, 0.6) is 0 Å². The zero-order valence-electron chi connectivity index (χ0n) is 7.79. The SMILES string of the molecule is O=C1CCC[C@@H]1[C@H](C[N+](=O)[O-])C(F)(F)F. The van der Waals surface area contributed by atoms with E-state index in [0.29, 0.717) is 6.42 Å². The Kier molecular flexibility index (Phi) is 3.31. The highest BCUT2D eigenvalue weighted by atomic mass is 19.4. The van der Waals surface area contributed by atoms with Crippen LogP contribution in [-0.4, -0.2) is 23.4 Å². The van der Waals surface area contributed by atoms with Gasteiger partial charge in [0.1, 0.15) is 11.7 Å². The fourth-order valence-corrected chi connectivity index (χ4v) is 1.89. The zero-order chi connectivity index (χ0) is 11.6. The van der Waals surface area contributed by atoms with Crippen molar-refractivity contribution < 1.29 is 22.9 Å². The number of nitro groups is 1. The Labute approximate surface area is 83.6 Å². The van der Waals surface area contributed by atoms with Gasteiger partial charge in [0.25, 0.3) is 0 Å². The molecule has 86 valence electrons. The summed E-state index contributed by atoms with van der Waals surface area (Å²) >= 11 is 0. The van der Waals surface area contributed by atoms with Crippen LogP contribution in [0.15, 0.2) is 0 Å². The Morgan fingerprint density at radius 3 is 2.47 bits per heavy atom. The van der Waals surface area contributed by atoms with E-state index in [-0.39, 0.29) is 12.8 Å². The van der Waals surface area contributed by atoms with E-state index in [1.165, 1.54) is 0 Å². The van der Waals surface area contributed by atoms with Crippen LogP contribution in [0.4, 0.5) is 13.2 Å². The molecule has 0 unspecified atom stereocenters. The Bertz CT molecular complexity index is 277. The molecule has 1 rings (SSSR count). The van der Waals surface area contributed by atoms with Gasteiger partial charge in [0.05, 0.1) is 0 Å². The van der Waals surface area contributed by atoms with E-state index < -0.39 is 35.3 Å². The number of carbonyl (C=O) groups excluding carboxylic acids is 1. The monoisotopic (exact) mass is 225 g/mol. The van der Waals surface area contributed by atoms with Crippen LogP contribution in [0.2, 0.25) is 0 Å². The highest BCUT2D eigenvalue weighted by Gasteiger charge is 2.51. The predicted molar refractivity (Wildman–Crippen MR) is 43.8 cm³/mol. The molecule has 15 heavy (non-hydrogen) atoms. The van der Waals surface area contributed by atoms with Gasteiger partial charge in [-0.15, -0.1) is 0 Å². The molecule has 0 aromatic rings. The first-order chi connectivity index (χ1) is 6.82. The van der Waals surface area contributed by atoms with Crippen molar-refractivity contribution in [3.63, 3.8) is 0 Å². The molecule has 0 aliphatic heterocycles. The fraction of sp³-hybridized carbons (Fsp3) is 0.875. The number of alkyl halides is 3. The van der Waals surface area contributed by atoms with E-state index in [2.05, 4.69) is 0 Å². The van der Waals surface area contributed by atoms with E-state index >= 15 is 0 Å². The Hall–Kier alpha value is -1.14. The van der Waals surface area contributed by atoms with Crippen molar-refractivity contribution >= 4 is 5.78 Å². The van der Waals surface area contributed by atoms with E-state index in [1.807, 2.05) is 0 Å². The first-order valence-corrected chi connectivity index (χ1v) is 4.53. The number of nitrogens with zero attached hydrogens (tertiary/aromatic N) is 1. The van der Waals surface area contributed by atoms with Gasteiger partial charge in [-0.1, -0.05) is 0 Å². The summed E-state index contributed by atoms with van der Waals surface area (Å²) in [7, 11) is 0. The number of ketones is 1. The molecule has 0 bridgehead atoms. The molecule has 4 nitrogen and oxygen atoms in total. The largest absolute Gasteiger partial charge is 0.398 e. The molecule has 0 aromatic heterocycles.